The molecule has 1 aromatic carbocycles. The third kappa shape index (κ3) is 7.38. The van der Waals surface area contributed by atoms with E-state index >= 15 is 0 Å². The van der Waals surface area contributed by atoms with Gasteiger partial charge in [0.05, 0.1) is 6.54 Å². The summed E-state index contributed by atoms with van der Waals surface area (Å²) in [4.78, 5) is 25.4. The van der Waals surface area contributed by atoms with Crippen LogP contribution in [-0.4, -0.2) is 40.7 Å². The molecule has 0 spiro atoms. The van der Waals surface area contributed by atoms with Crippen molar-refractivity contribution in [1.29, 1.82) is 0 Å². The van der Waals surface area contributed by atoms with Crippen LogP contribution in [0.5, 0.6) is 0 Å². The summed E-state index contributed by atoms with van der Waals surface area (Å²) in [6, 6.07) is 8.10. The second kappa shape index (κ2) is 11.4. The molecular weight excluding hydrogens is 322 g/mol. The summed E-state index contributed by atoms with van der Waals surface area (Å²) in [5.41, 5.74) is 1.11. The largest absolute Gasteiger partial charge is 0.481 e. The van der Waals surface area contributed by atoms with Crippen molar-refractivity contribution < 1.29 is 14.7 Å². The van der Waals surface area contributed by atoms with Crippen molar-refractivity contribution >= 4 is 29.7 Å². The molecule has 0 aliphatic rings. The van der Waals surface area contributed by atoms with E-state index in [2.05, 4.69) is 18.9 Å². The summed E-state index contributed by atoms with van der Waals surface area (Å²) >= 11 is 1.77. The number of benzene rings is 1. The van der Waals surface area contributed by atoms with Gasteiger partial charge in [-0.25, -0.2) is 0 Å². The average Bonchev–Trinajstić information content (AvgIpc) is 2.55. The number of carboxylic acids is 1. The zero-order chi connectivity index (χ0) is 17.8. The number of thioether (sulfide) groups is 1. The van der Waals surface area contributed by atoms with Crippen LogP contribution >= 0.6 is 11.8 Å². The van der Waals surface area contributed by atoms with Gasteiger partial charge in [0.1, 0.15) is 0 Å². The first-order valence-electron chi connectivity index (χ1n) is 7.89. The lowest BCUT2D eigenvalue weighted by Gasteiger charge is -2.18. The van der Waals surface area contributed by atoms with Crippen molar-refractivity contribution in [2.45, 2.75) is 31.1 Å². The Morgan fingerprint density at radius 3 is 2.75 bits per heavy atom. The number of carboxylic acid groups (broad SMARTS) is 1. The lowest BCUT2D eigenvalue weighted by atomic mass is 10.2. The van der Waals surface area contributed by atoms with E-state index in [9.17, 15) is 9.59 Å². The van der Waals surface area contributed by atoms with Gasteiger partial charge in [-0.3, -0.25) is 9.59 Å². The first-order valence-corrected chi connectivity index (χ1v) is 8.88. The van der Waals surface area contributed by atoms with Gasteiger partial charge in [0.2, 0.25) is 5.91 Å². The van der Waals surface area contributed by atoms with Crippen LogP contribution in [0, 0.1) is 12.3 Å². The average molecular weight is 345 g/mol. The van der Waals surface area contributed by atoms with Crippen LogP contribution < -0.4 is 0 Å². The number of aliphatic carboxylic acids is 1. The predicted molar refractivity (Wildman–Crippen MR) is 98.8 cm³/mol. The fraction of sp³-hybridized carbons (Fsp3) is 0.368. The van der Waals surface area contributed by atoms with E-state index in [1.165, 1.54) is 4.90 Å². The van der Waals surface area contributed by atoms with E-state index < -0.39 is 5.97 Å². The highest BCUT2D eigenvalue weighted by atomic mass is 32.2. The summed E-state index contributed by atoms with van der Waals surface area (Å²) in [6.45, 7) is 2.75. The zero-order valence-electron chi connectivity index (χ0n) is 13.9. The molecule has 1 N–H and O–H groups in total. The molecule has 1 amide bonds. The predicted octanol–water partition coefficient (Wildman–Crippen LogP) is 3.53. The van der Waals surface area contributed by atoms with Crippen molar-refractivity contribution in [1.82, 2.24) is 4.90 Å². The van der Waals surface area contributed by atoms with Crippen molar-refractivity contribution in [2.75, 3.05) is 18.8 Å². The summed E-state index contributed by atoms with van der Waals surface area (Å²) in [5.74, 6) is 2.47. The van der Waals surface area contributed by atoms with Crippen LogP contribution in [0.3, 0.4) is 0 Å². The third-order valence-corrected chi connectivity index (χ3v) is 4.23. The minimum absolute atomic E-state index is 0.00686. The molecule has 0 aliphatic carbocycles. The molecule has 5 heteroatoms. The smallest absolute Gasteiger partial charge is 0.303 e. The van der Waals surface area contributed by atoms with Crippen LogP contribution in [0.25, 0.3) is 6.08 Å². The molecule has 1 aromatic rings. The van der Waals surface area contributed by atoms with Crippen LogP contribution in [0.1, 0.15) is 31.7 Å². The Hall–Kier alpha value is -2.19. The number of hydrogen-bond acceptors (Lipinski definition) is 3. The standard InChI is InChI=1S/C19H23NO3S/c1-3-14-20(18(21)12-7-13-19(22)23)15-8-10-16-9-5-6-11-17(16)24-4-2/h1,5-6,8-11H,4,7,12-15H2,2H3,(H,22,23)/b10-8+. The first kappa shape index (κ1) is 19.9. The van der Waals surface area contributed by atoms with Gasteiger partial charge in [0.25, 0.3) is 0 Å². The van der Waals surface area contributed by atoms with Gasteiger partial charge >= 0.3 is 5.97 Å². The summed E-state index contributed by atoms with van der Waals surface area (Å²) < 4.78 is 0. The number of hydrogen-bond donors (Lipinski definition) is 1. The molecule has 4 nitrogen and oxygen atoms in total. The Kier molecular flexibility index (Phi) is 9.40. The van der Waals surface area contributed by atoms with Crippen LogP contribution in [0.15, 0.2) is 35.2 Å². The molecule has 24 heavy (non-hydrogen) atoms. The molecule has 0 saturated carbocycles. The molecule has 128 valence electrons. The maximum Gasteiger partial charge on any atom is 0.303 e. The van der Waals surface area contributed by atoms with Crippen molar-refractivity contribution in [3.8, 4) is 12.3 Å². The number of terminal acetylenes is 1. The molecular formula is C19H23NO3S. The van der Waals surface area contributed by atoms with Gasteiger partial charge in [0, 0.05) is 24.3 Å². The Morgan fingerprint density at radius 2 is 2.08 bits per heavy atom. The molecule has 0 aromatic heterocycles. The lowest BCUT2D eigenvalue weighted by molar-refractivity contribution is -0.137. The van der Waals surface area contributed by atoms with E-state index in [-0.39, 0.29) is 25.3 Å². The third-order valence-electron chi connectivity index (χ3n) is 3.26. The number of carbonyl (C=O) groups excluding carboxylic acids is 1. The molecule has 0 heterocycles. The highest BCUT2D eigenvalue weighted by Gasteiger charge is 2.11. The molecule has 0 fully saturated rings. The SMILES string of the molecule is C#CCN(C/C=C/c1ccccc1SCC)C(=O)CCCC(=O)O. The quantitative estimate of drug-likeness (QED) is 0.521. The molecule has 0 atom stereocenters. The minimum atomic E-state index is -0.892. The van der Waals surface area contributed by atoms with Gasteiger partial charge in [-0.15, -0.1) is 18.2 Å². The molecule has 0 saturated heterocycles. The topological polar surface area (TPSA) is 57.6 Å². The Labute approximate surface area is 147 Å². The van der Waals surface area contributed by atoms with E-state index in [0.29, 0.717) is 13.0 Å². The van der Waals surface area contributed by atoms with Crippen LogP contribution in [0.4, 0.5) is 0 Å². The van der Waals surface area contributed by atoms with Gasteiger partial charge in [-0.1, -0.05) is 43.2 Å². The molecule has 0 unspecified atom stereocenters. The van der Waals surface area contributed by atoms with Crippen molar-refractivity contribution in [3.63, 3.8) is 0 Å². The lowest BCUT2D eigenvalue weighted by Crippen LogP contribution is -2.31. The van der Waals surface area contributed by atoms with Gasteiger partial charge in [0.15, 0.2) is 0 Å². The minimum Gasteiger partial charge on any atom is -0.481 e. The normalized spacial score (nSPS) is 10.5. The second-order valence-electron chi connectivity index (χ2n) is 5.10. The highest BCUT2D eigenvalue weighted by Crippen LogP contribution is 2.23. The molecule has 0 bridgehead atoms. The van der Waals surface area contributed by atoms with Crippen molar-refractivity contribution in [3.05, 3.63) is 35.9 Å². The van der Waals surface area contributed by atoms with Crippen LogP contribution in [0.2, 0.25) is 0 Å². The molecule has 0 aliphatic heterocycles. The fourth-order valence-corrected chi connectivity index (χ4v) is 2.91. The highest BCUT2D eigenvalue weighted by molar-refractivity contribution is 7.99. The number of amides is 1. The Balaban J connectivity index is 2.64. The summed E-state index contributed by atoms with van der Waals surface area (Å²) in [7, 11) is 0. The van der Waals surface area contributed by atoms with E-state index in [0.717, 1.165) is 11.3 Å². The van der Waals surface area contributed by atoms with Gasteiger partial charge < -0.3 is 10.0 Å². The number of nitrogens with zero attached hydrogens (tertiary/aromatic N) is 1. The first-order chi connectivity index (χ1) is 11.6. The number of rotatable bonds is 10. The fourth-order valence-electron chi connectivity index (χ4n) is 2.13. The van der Waals surface area contributed by atoms with E-state index in [4.69, 9.17) is 11.5 Å². The van der Waals surface area contributed by atoms with E-state index in [1.54, 1.807) is 16.7 Å². The number of carbonyl (C=O) groups is 2. The maximum atomic E-state index is 12.1. The van der Waals surface area contributed by atoms with Crippen LogP contribution in [-0.2, 0) is 9.59 Å². The van der Waals surface area contributed by atoms with Gasteiger partial charge in [-0.2, -0.15) is 0 Å². The van der Waals surface area contributed by atoms with Gasteiger partial charge in [-0.05, 0) is 23.8 Å². The molecule has 0 radical (unpaired) electrons. The monoisotopic (exact) mass is 345 g/mol. The van der Waals surface area contributed by atoms with Crippen molar-refractivity contribution in [2.24, 2.45) is 0 Å². The maximum absolute atomic E-state index is 12.1. The second-order valence-corrected chi connectivity index (χ2v) is 6.40. The Morgan fingerprint density at radius 1 is 1.33 bits per heavy atom. The zero-order valence-corrected chi connectivity index (χ0v) is 14.7. The Bertz CT molecular complexity index is 619. The summed E-state index contributed by atoms with van der Waals surface area (Å²) in [5, 5.41) is 8.64. The van der Waals surface area contributed by atoms with E-state index in [1.807, 2.05) is 30.4 Å². The molecule has 1 rings (SSSR count). The summed E-state index contributed by atoms with van der Waals surface area (Å²) in [6.07, 6.45) is 9.76.